The van der Waals surface area contributed by atoms with Gasteiger partial charge in [0.05, 0.1) is 0 Å². The van der Waals surface area contributed by atoms with Gasteiger partial charge < -0.3 is 9.47 Å². The van der Waals surface area contributed by atoms with Crippen LogP contribution in [0.4, 0.5) is 0 Å². The van der Waals surface area contributed by atoms with Crippen molar-refractivity contribution in [2.24, 2.45) is 0 Å². The maximum atomic E-state index is 12.9. The van der Waals surface area contributed by atoms with Crippen molar-refractivity contribution in [1.82, 2.24) is 0 Å². The normalized spacial score (nSPS) is 11.5. The average molecular weight is 409 g/mol. The van der Waals surface area contributed by atoms with E-state index in [9.17, 15) is 9.59 Å². The summed E-state index contributed by atoms with van der Waals surface area (Å²) in [6.45, 7) is 4.50. The zero-order chi connectivity index (χ0) is 21.6. The lowest BCUT2D eigenvalue weighted by Gasteiger charge is -2.15. The first-order chi connectivity index (χ1) is 14.7. The van der Waals surface area contributed by atoms with Crippen LogP contribution in [0.1, 0.15) is 63.5 Å². The minimum atomic E-state index is -0.421. The zero-order valence-corrected chi connectivity index (χ0v) is 18.1. The monoisotopic (exact) mass is 408 g/mol. The largest absolute Gasteiger partial charge is 0.457 e. The minimum absolute atomic E-state index is 0.190. The van der Waals surface area contributed by atoms with Gasteiger partial charge in [-0.2, -0.15) is 0 Å². The third-order valence-corrected chi connectivity index (χ3v) is 4.84. The van der Waals surface area contributed by atoms with Gasteiger partial charge in [0.2, 0.25) is 0 Å². The molecule has 2 aromatic rings. The Bertz CT molecular complexity index is 740. The summed E-state index contributed by atoms with van der Waals surface area (Å²) in [5.41, 5.74) is 2.75. The van der Waals surface area contributed by atoms with Crippen LogP contribution in [0.15, 0.2) is 71.8 Å². The summed E-state index contributed by atoms with van der Waals surface area (Å²) in [6, 6.07) is 19.1. The van der Waals surface area contributed by atoms with Crippen molar-refractivity contribution in [2.45, 2.75) is 65.6 Å². The van der Waals surface area contributed by atoms with E-state index < -0.39 is 11.9 Å². The molecule has 0 saturated carbocycles. The molecule has 0 N–H and O–H groups in total. The molecule has 0 saturated heterocycles. The van der Waals surface area contributed by atoms with E-state index in [0.717, 1.165) is 36.8 Å². The summed E-state index contributed by atoms with van der Waals surface area (Å²) >= 11 is 0. The Hall–Kier alpha value is -2.88. The predicted octanol–water partition coefficient (Wildman–Crippen LogP) is 6.15. The Morgan fingerprint density at radius 1 is 0.633 bits per heavy atom. The van der Waals surface area contributed by atoms with Crippen LogP contribution in [0.2, 0.25) is 0 Å². The SMILES string of the molecule is CCCC/C(C(=O)OCc1ccccc1)=C(\CCCC)C(=O)OCc1ccccc1. The number of benzene rings is 2. The summed E-state index contributed by atoms with van der Waals surface area (Å²) in [5, 5.41) is 0. The lowest BCUT2D eigenvalue weighted by molar-refractivity contribution is -0.144. The van der Waals surface area contributed by atoms with Crippen LogP contribution in [0.5, 0.6) is 0 Å². The molecule has 30 heavy (non-hydrogen) atoms. The molecule has 0 aliphatic heterocycles. The number of carbonyl (C=O) groups is 2. The molecule has 2 rings (SSSR count). The van der Waals surface area contributed by atoms with Gasteiger partial charge in [-0.25, -0.2) is 9.59 Å². The van der Waals surface area contributed by atoms with Crippen LogP contribution in [0.25, 0.3) is 0 Å². The van der Waals surface area contributed by atoms with E-state index >= 15 is 0 Å². The van der Waals surface area contributed by atoms with Gasteiger partial charge in [-0.3, -0.25) is 0 Å². The van der Waals surface area contributed by atoms with E-state index in [4.69, 9.17) is 9.47 Å². The lowest BCUT2D eigenvalue weighted by Crippen LogP contribution is -2.17. The summed E-state index contributed by atoms with van der Waals surface area (Å²) in [5.74, 6) is -0.842. The smallest absolute Gasteiger partial charge is 0.334 e. The number of hydrogen-bond donors (Lipinski definition) is 0. The molecule has 0 aliphatic rings. The molecule has 0 atom stereocenters. The van der Waals surface area contributed by atoms with Crippen molar-refractivity contribution in [3.05, 3.63) is 82.9 Å². The van der Waals surface area contributed by atoms with Gasteiger partial charge in [0, 0.05) is 11.1 Å². The number of hydrogen-bond acceptors (Lipinski definition) is 4. The van der Waals surface area contributed by atoms with Crippen molar-refractivity contribution in [3.8, 4) is 0 Å². The number of unbranched alkanes of at least 4 members (excludes halogenated alkanes) is 2. The van der Waals surface area contributed by atoms with Crippen LogP contribution in [-0.4, -0.2) is 11.9 Å². The fourth-order valence-corrected chi connectivity index (χ4v) is 3.08. The molecule has 0 unspecified atom stereocenters. The molecule has 0 fully saturated rings. The molecule has 0 radical (unpaired) electrons. The Kier molecular flexibility index (Phi) is 10.4. The predicted molar refractivity (Wildman–Crippen MR) is 119 cm³/mol. The van der Waals surface area contributed by atoms with Crippen LogP contribution >= 0.6 is 0 Å². The molecule has 0 aromatic heterocycles. The quantitative estimate of drug-likeness (QED) is 0.312. The van der Waals surface area contributed by atoms with Crippen LogP contribution in [0.3, 0.4) is 0 Å². The highest BCUT2D eigenvalue weighted by molar-refractivity contribution is 6.00. The summed E-state index contributed by atoms with van der Waals surface area (Å²) in [4.78, 5) is 25.8. The highest BCUT2D eigenvalue weighted by Gasteiger charge is 2.23. The number of ether oxygens (including phenoxy) is 2. The third kappa shape index (κ3) is 7.86. The van der Waals surface area contributed by atoms with Crippen molar-refractivity contribution in [3.63, 3.8) is 0 Å². The van der Waals surface area contributed by atoms with Gasteiger partial charge in [0.1, 0.15) is 13.2 Å². The second kappa shape index (κ2) is 13.4. The molecule has 4 heteroatoms. The molecule has 4 nitrogen and oxygen atoms in total. The summed E-state index contributed by atoms with van der Waals surface area (Å²) in [6.07, 6.45) is 4.52. The second-order valence-electron chi connectivity index (χ2n) is 7.29. The number of esters is 2. The van der Waals surface area contributed by atoms with Gasteiger partial charge >= 0.3 is 11.9 Å². The molecule has 0 amide bonds. The molecule has 0 aliphatic carbocycles. The summed E-state index contributed by atoms with van der Waals surface area (Å²) < 4.78 is 11.1. The van der Waals surface area contributed by atoms with Crippen molar-refractivity contribution in [2.75, 3.05) is 0 Å². The van der Waals surface area contributed by atoms with Crippen LogP contribution < -0.4 is 0 Å². The number of rotatable bonds is 12. The lowest BCUT2D eigenvalue weighted by atomic mass is 9.98. The van der Waals surface area contributed by atoms with E-state index in [1.807, 2.05) is 60.7 Å². The molecule has 0 spiro atoms. The minimum Gasteiger partial charge on any atom is -0.457 e. The van der Waals surface area contributed by atoms with Gasteiger partial charge in [0.25, 0.3) is 0 Å². The first kappa shape index (κ1) is 23.4. The summed E-state index contributed by atoms with van der Waals surface area (Å²) in [7, 11) is 0. The fraction of sp³-hybridized carbons (Fsp3) is 0.385. The zero-order valence-electron chi connectivity index (χ0n) is 18.1. The van der Waals surface area contributed by atoms with Gasteiger partial charge in [-0.1, -0.05) is 87.4 Å². The fourth-order valence-electron chi connectivity index (χ4n) is 3.08. The molecule has 2 aromatic carbocycles. The van der Waals surface area contributed by atoms with Gasteiger partial charge in [0.15, 0.2) is 0 Å². The Morgan fingerprint density at radius 2 is 1.00 bits per heavy atom. The Morgan fingerprint density at radius 3 is 1.33 bits per heavy atom. The molecule has 160 valence electrons. The van der Waals surface area contributed by atoms with Crippen molar-refractivity contribution in [1.29, 1.82) is 0 Å². The molecule has 0 heterocycles. The maximum absolute atomic E-state index is 12.9. The first-order valence-electron chi connectivity index (χ1n) is 10.8. The number of carbonyl (C=O) groups excluding carboxylic acids is 2. The standard InChI is InChI=1S/C26H32O4/c1-3-5-17-23(25(27)29-19-21-13-9-7-10-14-21)24(18-6-4-2)26(28)30-20-22-15-11-8-12-16-22/h7-16H,3-6,17-20H2,1-2H3/b24-23-. The van der Waals surface area contributed by atoms with Gasteiger partial charge in [-0.05, 0) is 36.8 Å². The van der Waals surface area contributed by atoms with Crippen LogP contribution in [0, 0.1) is 0 Å². The highest BCUT2D eigenvalue weighted by atomic mass is 16.5. The molecule has 0 bridgehead atoms. The topological polar surface area (TPSA) is 52.6 Å². The Labute approximate surface area is 179 Å². The Balaban J connectivity index is 2.18. The first-order valence-corrected chi connectivity index (χ1v) is 10.8. The van der Waals surface area contributed by atoms with E-state index in [1.54, 1.807) is 0 Å². The van der Waals surface area contributed by atoms with E-state index in [1.165, 1.54) is 0 Å². The van der Waals surface area contributed by atoms with Gasteiger partial charge in [-0.15, -0.1) is 0 Å². The molecular formula is C26H32O4. The van der Waals surface area contributed by atoms with Crippen molar-refractivity contribution >= 4 is 11.9 Å². The van der Waals surface area contributed by atoms with E-state index in [0.29, 0.717) is 24.0 Å². The highest BCUT2D eigenvalue weighted by Crippen LogP contribution is 2.22. The van der Waals surface area contributed by atoms with Crippen molar-refractivity contribution < 1.29 is 19.1 Å². The van der Waals surface area contributed by atoms with Crippen LogP contribution in [-0.2, 0) is 32.3 Å². The third-order valence-electron chi connectivity index (χ3n) is 4.84. The average Bonchev–Trinajstić information content (AvgIpc) is 2.79. The maximum Gasteiger partial charge on any atom is 0.334 e. The second-order valence-corrected chi connectivity index (χ2v) is 7.29. The van der Waals surface area contributed by atoms with E-state index in [-0.39, 0.29) is 13.2 Å². The van der Waals surface area contributed by atoms with E-state index in [2.05, 4.69) is 13.8 Å². The molecular weight excluding hydrogens is 376 g/mol.